The van der Waals surface area contributed by atoms with Gasteiger partial charge in [-0.1, -0.05) is 12.1 Å². The van der Waals surface area contributed by atoms with Crippen molar-refractivity contribution in [1.82, 2.24) is 15.5 Å². The minimum atomic E-state index is 0. The van der Waals surface area contributed by atoms with Crippen LogP contribution in [0.25, 0.3) is 11.7 Å². The van der Waals surface area contributed by atoms with Crippen molar-refractivity contribution >= 4 is 12.4 Å². The molecule has 2 heterocycles. The number of nitrogens with zero attached hydrogens (tertiary/aromatic N) is 2. The molecule has 0 saturated heterocycles. The van der Waals surface area contributed by atoms with E-state index >= 15 is 0 Å². The van der Waals surface area contributed by atoms with E-state index in [0.29, 0.717) is 23.5 Å². The van der Waals surface area contributed by atoms with Crippen LogP contribution in [0.15, 0.2) is 15.0 Å². The van der Waals surface area contributed by atoms with Gasteiger partial charge in [0.2, 0.25) is 0 Å². The molecule has 0 aromatic carbocycles. The minimum Gasteiger partial charge on any atom is -0.456 e. The molecule has 6 heteroatoms. The molecule has 1 unspecified atom stereocenters. The zero-order chi connectivity index (χ0) is 13.1. The monoisotopic (exact) mass is 285 g/mol. The molecule has 0 bridgehead atoms. The van der Waals surface area contributed by atoms with Gasteiger partial charge in [-0.25, -0.2) is 0 Å². The van der Waals surface area contributed by atoms with Gasteiger partial charge in [-0.05, 0) is 32.5 Å². The Bertz CT molecular complexity index is 522. The van der Waals surface area contributed by atoms with E-state index in [1.807, 2.05) is 20.0 Å². The van der Waals surface area contributed by atoms with E-state index in [4.69, 9.17) is 8.94 Å². The average Bonchev–Trinajstić information content (AvgIpc) is 2.95. The van der Waals surface area contributed by atoms with Crippen molar-refractivity contribution in [2.24, 2.45) is 0 Å². The molecule has 19 heavy (non-hydrogen) atoms. The summed E-state index contributed by atoms with van der Waals surface area (Å²) in [5.74, 6) is 2.77. The third kappa shape index (κ3) is 3.58. The summed E-state index contributed by atoms with van der Waals surface area (Å²) in [6.07, 6.45) is 1.60. The molecule has 1 atom stereocenters. The first-order valence-corrected chi connectivity index (χ1v) is 6.23. The number of likely N-dealkylation sites (N-methyl/N-ethyl adjacent to an activating group) is 1. The van der Waals surface area contributed by atoms with Crippen LogP contribution in [0.3, 0.4) is 0 Å². The SMILES string of the molecule is CCc1oc(-c2nc(CC(C)NC)no2)cc1C.Cl. The Morgan fingerprint density at radius 3 is 2.74 bits per heavy atom. The normalized spacial score (nSPS) is 12.2. The quantitative estimate of drug-likeness (QED) is 0.915. The lowest BCUT2D eigenvalue weighted by Crippen LogP contribution is -2.24. The maximum atomic E-state index is 5.68. The largest absolute Gasteiger partial charge is 0.456 e. The van der Waals surface area contributed by atoms with Crippen LogP contribution in [0.1, 0.15) is 31.0 Å². The fourth-order valence-electron chi connectivity index (χ4n) is 1.79. The van der Waals surface area contributed by atoms with Crippen LogP contribution in [0.5, 0.6) is 0 Å². The summed E-state index contributed by atoms with van der Waals surface area (Å²) in [5.41, 5.74) is 1.12. The van der Waals surface area contributed by atoms with Crippen molar-refractivity contribution in [3.63, 3.8) is 0 Å². The molecule has 106 valence electrons. The highest BCUT2D eigenvalue weighted by Crippen LogP contribution is 2.24. The highest BCUT2D eigenvalue weighted by molar-refractivity contribution is 5.85. The van der Waals surface area contributed by atoms with Gasteiger partial charge in [0.1, 0.15) is 5.76 Å². The summed E-state index contributed by atoms with van der Waals surface area (Å²) >= 11 is 0. The lowest BCUT2D eigenvalue weighted by Gasteiger charge is -2.04. The molecule has 0 aliphatic rings. The highest BCUT2D eigenvalue weighted by Gasteiger charge is 2.15. The first-order chi connectivity index (χ1) is 8.63. The Labute approximate surface area is 119 Å². The number of nitrogens with one attached hydrogen (secondary N) is 1. The second-order valence-corrected chi connectivity index (χ2v) is 4.48. The maximum Gasteiger partial charge on any atom is 0.293 e. The van der Waals surface area contributed by atoms with E-state index in [1.165, 1.54) is 0 Å². The maximum absolute atomic E-state index is 5.68. The number of hydrogen-bond acceptors (Lipinski definition) is 5. The van der Waals surface area contributed by atoms with Crippen LogP contribution in [0.2, 0.25) is 0 Å². The van der Waals surface area contributed by atoms with Crippen LogP contribution in [-0.4, -0.2) is 23.2 Å². The smallest absolute Gasteiger partial charge is 0.293 e. The number of aromatic nitrogens is 2. The molecule has 0 radical (unpaired) electrons. The van der Waals surface area contributed by atoms with E-state index in [9.17, 15) is 0 Å². The zero-order valence-electron chi connectivity index (χ0n) is 11.7. The van der Waals surface area contributed by atoms with E-state index < -0.39 is 0 Å². The lowest BCUT2D eigenvalue weighted by atomic mass is 10.2. The third-order valence-electron chi connectivity index (χ3n) is 3.00. The van der Waals surface area contributed by atoms with Crippen LogP contribution in [0.4, 0.5) is 0 Å². The van der Waals surface area contributed by atoms with Crippen molar-refractivity contribution < 1.29 is 8.94 Å². The highest BCUT2D eigenvalue weighted by atomic mass is 35.5. The number of aryl methyl sites for hydroxylation is 2. The Morgan fingerprint density at radius 1 is 1.42 bits per heavy atom. The molecule has 0 saturated carbocycles. The topological polar surface area (TPSA) is 64.1 Å². The van der Waals surface area contributed by atoms with Gasteiger partial charge < -0.3 is 14.3 Å². The molecular formula is C13H20ClN3O2. The molecule has 2 aromatic rings. The Balaban J connectivity index is 0.00000180. The molecule has 0 aliphatic carbocycles. The first-order valence-electron chi connectivity index (χ1n) is 6.23. The number of rotatable bonds is 5. The second kappa shape index (κ2) is 6.73. The van der Waals surface area contributed by atoms with Crippen LogP contribution >= 0.6 is 12.4 Å². The standard InChI is InChI=1S/C13H19N3O2.ClH/c1-5-10-8(2)6-11(17-10)13-15-12(16-18-13)7-9(3)14-4;/h6,9,14H,5,7H2,1-4H3;1H. The Hall–Kier alpha value is -1.33. The molecule has 0 amide bonds. The van der Waals surface area contributed by atoms with E-state index in [2.05, 4.69) is 29.3 Å². The third-order valence-corrected chi connectivity index (χ3v) is 3.00. The van der Waals surface area contributed by atoms with Gasteiger partial charge in [0.15, 0.2) is 11.6 Å². The molecule has 0 fully saturated rings. The number of hydrogen-bond donors (Lipinski definition) is 1. The van der Waals surface area contributed by atoms with Crippen LogP contribution in [0, 0.1) is 6.92 Å². The van der Waals surface area contributed by atoms with E-state index in [1.54, 1.807) is 0 Å². The van der Waals surface area contributed by atoms with Crippen molar-refractivity contribution in [3.8, 4) is 11.7 Å². The van der Waals surface area contributed by atoms with Gasteiger partial charge in [0, 0.05) is 18.9 Å². The van der Waals surface area contributed by atoms with Gasteiger partial charge >= 0.3 is 0 Å². The summed E-state index contributed by atoms with van der Waals surface area (Å²) in [4.78, 5) is 4.35. The van der Waals surface area contributed by atoms with Crippen molar-refractivity contribution in [2.45, 2.75) is 39.7 Å². The summed E-state index contributed by atoms with van der Waals surface area (Å²) in [6.45, 7) is 6.15. The van der Waals surface area contributed by atoms with Gasteiger partial charge in [0.25, 0.3) is 5.89 Å². The van der Waals surface area contributed by atoms with Crippen LogP contribution in [-0.2, 0) is 12.8 Å². The predicted octanol–water partition coefficient (Wildman–Crippen LogP) is 2.77. The van der Waals surface area contributed by atoms with Gasteiger partial charge in [-0.2, -0.15) is 4.98 Å². The van der Waals surface area contributed by atoms with E-state index in [0.717, 1.165) is 24.2 Å². The minimum absolute atomic E-state index is 0. The first kappa shape index (κ1) is 15.7. The van der Waals surface area contributed by atoms with Gasteiger partial charge in [-0.15, -0.1) is 12.4 Å². The molecule has 0 aliphatic heterocycles. The van der Waals surface area contributed by atoms with Crippen molar-refractivity contribution in [2.75, 3.05) is 7.05 Å². The Kier molecular flexibility index (Phi) is 5.57. The second-order valence-electron chi connectivity index (χ2n) is 4.48. The Morgan fingerprint density at radius 2 is 2.16 bits per heavy atom. The van der Waals surface area contributed by atoms with Crippen molar-refractivity contribution in [1.29, 1.82) is 0 Å². The molecule has 0 spiro atoms. The average molecular weight is 286 g/mol. The van der Waals surface area contributed by atoms with E-state index in [-0.39, 0.29) is 12.4 Å². The summed E-state index contributed by atoms with van der Waals surface area (Å²) < 4.78 is 10.9. The molecule has 1 N–H and O–H groups in total. The predicted molar refractivity (Wildman–Crippen MR) is 75.6 cm³/mol. The molecule has 2 rings (SSSR count). The fraction of sp³-hybridized carbons (Fsp3) is 0.538. The lowest BCUT2D eigenvalue weighted by molar-refractivity contribution is 0.402. The number of furan rings is 1. The fourth-order valence-corrected chi connectivity index (χ4v) is 1.79. The van der Waals surface area contributed by atoms with Gasteiger partial charge in [-0.3, -0.25) is 0 Å². The van der Waals surface area contributed by atoms with Gasteiger partial charge in [0.05, 0.1) is 0 Å². The number of halogens is 1. The molecule has 5 nitrogen and oxygen atoms in total. The van der Waals surface area contributed by atoms with Crippen LogP contribution < -0.4 is 5.32 Å². The summed E-state index contributed by atoms with van der Waals surface area (Å²) in [5, 5.41) is 7.10. The molecule has 2 aromatic heterocycles. The summed E-state index contributed by atoms with van der Waals surface area (Å²) in [7, 11) is 1.91. The zero-order valence-corrected chi connectivity index (χ0v) is 12.5. The van der Waals surface area contributed by atoms with Crippen molar-refractivity contribution in [3.05, 3.63) is 23.2 Å². The molecular weight excluding hydrogens is 266 g/mol. The summed E-state index contributed by atoms with van der Waals surface area (Å²) in [6, 6.07) is 2.26.